The Balaban J connectivity index is 2.19. The maximum atomic E-state index is 4.72. The molecule has 0 aliphatic rings. The Morgan fingerprint density at radius 1 is 1.37 bits per heavy atom. The van der Waals surface area contributed by atoms with Gasteiger partial charge >= 0.3 is 0 Å². The monoisotopic (exact) mass is 275 g/mol. The van der Waals surface area contributed by atoms with Crippen LogP contribution in [0.2, 0.25) is 0 Å². The Labute approximate surface area is 119 Å². The first-order valence-corrected chi connectivity index (χ1v) is 7.49. The van der Waals surface area contributed by atoms with Crippen molar-refractivity contribution in [1.29, 1.82) is 0 Å². The zero-order valence-corrected chi connectivity index (χ0v) is 12.6. The fourth-order valence-corrected chi connectivity index (χ4v) is 2.79. The van der Waals surface area contributed by atoms with Crippen molar-refractivity contribution < 1.29 is 0 Å². The van der Waals surface area contributed by atoms with Gasteiger partial charge in [0.2, 0.25) is 0 Å². The number of aryl methyl sites for hydroxylation is 1. The Morgan fingerprint density at radius 3 is 2.84 bits per heavy atom. The lowest BCUT2D eigenvalue weighted by atomic mass is 10.2. The van der Waals surface area contributed by atoms with Gasteiger partial charge in [-0.25, -0.2) is 4.98 Å². The highest BCUT2D eigenvalue weighted by Crippen LogP contribution is 2.18. The Morgan fingerprint density at radius 2 is 2.21 bits per heavy atom. The molecule has 0 amide bonds. The molecule has 0 bridgehead atoms. The zero-order valence-electron chi connectivity index (χ0n) is 11.8. The van der Waals surface area contributed by atoms with Crippen LogP contribution >= 0.6 is 11.3 Å². The lowest BCUT2D eigenvalue weighted by Crippen LogP contribution is -2.18. The van der Waals surface area contributed by atoms with Gasteiger partial charge in [0.15, 0.2) is 0 Å². The van der Waals surface area contributed by atoms with Crippen molar-refractivity contribution in [3.63, 3.8) is 0 Å². The molecule has 0 atom stereocenters. The van der Waals surface area contributed by atoms with Gasteiger partial charge in [-0.2, -0.15) is 0 Å². The summed E-state index contributed by atoms with van der Waals surface area (Å²) in [6, 6.07) is 8.61. The van der Waals surface area contributed by atoms with Crippen molar-refractivity contribution in [1.82, 2.24) is 10.3 Å². The van der Waals surface area contributed by atoms with Gasteiger partial charge < -0.3 is 10.2 Å². The number of nitrogens with one attached hydrogen (secondary N) is 1. The molecule has 0 radical (unpaired) electrons. The molecule has 3 nitrogen and oxygen atoms in total. The zero-order chi connectivity index (χ0) is 13.7. The second-order valence-electron chi connectivity index (χ2n) is 4.64. The average molecular weight is 275 g/mol. The molecule has 2 aromatic rings. The van der Waals surface area contributed by atoms with Crippen LogP contribution < -0.4 is 10.2 Å². The maximum absolute atomic E-state index is 4.72. The van der Waals surface area contributed by atoms with Crippen LogP contribution in [0.4, 0.5) is 5.82 Å². The predicted octanol–water partition coefficient (Wildman–Crippen LogP) is 3.06. The number of hydrogen-bond donors (Lipinski definition) is 1. The average Bonchev–Trinajstić information content (AvgIpc) is 2.91. The molecule has 0 saturated heterocycles. The summed E-state index contributed by atoms with van der Waals surface area (Å²) < 4.78 is 0. The first-order chi connectivity index (χ1) is 9.22. The minimum atomic E-state index is 0.884. The van der Waals surface area contributed by atoms with E-state index in [0.717, 1.165) is 31.0 Å². The van der Waals surface area contributed by atoms with E-state index in [-0.39, 0.29) is 0 Å². The van der Waals surface area contributed by atoms with Gasteiger partial charge in [0.1, 0.15) is 5.82 Å². The van der Waals surface area contributed by atoms with Gasteiger partial charge in [-0.05, 0) is 42.6 Å². The van der Waals surface area contributed by atoms with E-state index in [2.05, 4.69) is 53.8 Å². The van der Waals surface area contributed by atoms with Crippen LogP contribution in [0.25, 0.3) is 0 Å². The summed E-state index contributed by atoms with van der Waals surface area (Å²) in [7, 11) is 4.08. The molecule has 1 N–H and O–H groups in total. The molecule has 0 fully saturated rings. The third kappa shape index (κ3) is 3.78. The number of hydrogen-bond acceptors (Lipinski definition) is 4. The van der Waals surface area contributed by atoms with E-state index in [1.807, 2.05) is 7.05 Å². The molecule has 2 aromatic heterocycles. The van der Waals surface area contributed by atoms with E-state index in [0.29, 0.717) is 0 Å². The van der Waals surface area contributed by atoms with Crippen LogP contribution in [0.3, 0.4) is 0 Å². The Hall–Kier alpha value is -1.39. The molecule has 0 aliphatic heterocycles. The third-order valence-corrected chi connectivity index (χ3v) is 3.89. The molecule has 2 rings (SSSR count). The quantitative estimate of drug-likeness (QED) is 0.878. The van der Waals surface area contributed by atoms with Gasteiger partial charge in [0.25, 0.3) is 0 Å². The maximum Gasteiger partial charge on any atom is 0.129 e. The van der Waals surface area contributed by atoms with E-state index >= 15 is 0 Å². The van der Waals surface area contributed by atoms with Crippen molar-refractivity contribution in [3.8, 4) is 0 Å². The summed E-state index contributed by atoms with van der Waals surface area (Å²) in [4.78, 5) is 8.29. The highest BCUT2D eigenvalue weighted by molar-refractivity contribution is 7.09. The topological polar surface area (TPSA) is 28.2 Å². The summed E-state index contributed by atoms with van der Waals surface area (Å²) in [5, 5.41) is 5.32. The Bertz CT molecular complexity index is 508. The Kier molecular flexibility index (Phi) is 4.93. The van der Waals surface area contributed by atoms with Gasteiger partial charge in [-0.3, -0.25) is 0 Å². The highest BCUT2D eigenvalue weighted by atomic mass is 32.1. The summed E-state index contributed by atoms with van der Waals surface area (Å²) >= 11 is 1.79. The molecule has 2 heterocycles. The van der Waals surface area contributed by atoms with Crippen LogP contribution in [0.1, 0.15) is 23.1 Å². The molecule has 0 unspecified atom stereocenters. The molecular formula is C15H21N3S. The molecule has 102 valence electrons. The first-order valence-electron chi connectivity index (χ1n) is 6.61. The van der Waals surface area contributed by atoms with Crippen LogP contribution in [0.15, 0.2) is 29.6 Å². The van der Waals surface area contributed by atoms with E-state index in [4.69, 9.17) is 4.98 Å². The first kappa shape index (κ1) is 14.0. The van der Waals surface area contributed by atoms with Crippen molar-refractivity contribution >= 4 is 17.2 Å². The van der Waals surface area contributed by atoms with E-state index < -0.39 is 0 Å². The van der Waals surface area contributed by atoms with Crippen LogP contribution in [0.5, 0.6) is 0 Å². The number of nitrogens with zero attached hydrogens (tertiary/aromatic N) is 2. The molecule has 0 spiro atoms. The van der Waals surface area contributed by atoms with E-state index in [1.165, 1.54) is 10.4 Å². The third-order valence-electron chi connectivity index (χ3n) is 3.03. The van der Waals surface area contributed by atoms with E-state index in [1.54, 1.807) is 11.3 Å². The van der Waals surface area contributed by atoms with E-state index in [9.17, 15) is 0 Å². The fraction of sp³-hybridized carbons (Fsp3) is 0.400. The SMILES string of the molecule is CCc1cc(CNC)cc(N(C)Cc2cccs2)n1. The van der Waals surface area contributed by atoms with Crippen molar-refractivity contribution in [2.24, 2.45) is 0 Å². The highest BCUT2D eigenvalue weighted by Gasteiger charge is 2.07. The van der Waals surface area contributed by atoms with Crippen molar-refractivity contribution in [2.75, 3.05) is 19.0 Å². The molecule has 0 aromatic carbocycles. The van der Waals surface area contributed by atoms with Gasteiger partial charge in [0, 0.05) is 24.2 Å². The fourth-order valence-electron chi connectivity index (χ4n) is 2.03. The number of rotatable bonds is 6. The number of thiophene rings is 1. The molecule has 0 aliphatic carbocycles. The minimum absolute atomic E-state index is 0.884. The second kappa shape index (κ2) is 6.68. The van der Waals surface area contributed by atoms with Gasteiger partial charge in [-0.15, -0.1) is 11.3 Å². The summed E-state index contributed by atoms with van der Waals surface area (Å²) in [5.41, 5.74) is 2.45. The molecule has 0 saturated carbocycles. The largest absolute Gasteiger partial charge is 0.355 e. The molecular weight excluding hydrogens is 254 g/mol. The second-order valence-corrected chi connectivity index (χ2v) is 5.68. The summed E-state index contributed by atoms with van der Waals surface area (Å²) in [6.45, 7) is 3.95. The van der Waals surface area contributed by atoms with Crippen LogP contribution in [-0.4, -0.2) is 19.1 Å². The normalized spacial score (nSPS) is 10.7. The molecule has 4 heteroatoms. The van der Waals surface area contributed by atoms with Crippen LogP contribution in [-0.2, 0) is 19.5 Å². The number of pyridine rings is 1. The smallest absolute Gasteiger partial charge is 0.129 e. The summed E-state index contributed by atoms with van der Waals surface area (Å²) in [5.74, 6) is 1.05. The number of anilines is 1. The lowest BCUT2D eigenvalue weighted by Gasteiger charge is -2.19. The molecule has 19 heavy (non-hydrogen) atoms. The minimum Gasteiger partial charge on any atom is -0.355 e. The van der Waals surface area contributed by atoms with Crippen molar-refractivity contribution in [3.05, 3.63) is 45.8 Å². The predicted molar refractivity (Wildman–Crippen MR) is 82.8 cm³/mol. The standard InChI is InChI=1S/C15H21N3S/c1-4-13-8-12(10-16-2)9-15(17-13)18(3)11-14-6-5-7-19-14/h5-9,16H,4,10-11H2,1-3H3. The number of aromatic nitrogens is 1. The summed E-state index contributed by atoms with van der Waals surface area (Å²) in [6.07, 6.45) is 0.970. The van der Waals surface area contributed by atoms with Crippen molar-refractivity contribution in [2.45, 2.75) is 26.4 Å². The van der Waals surface area contributed by atoms with Gasteiger partial charge in [0.05, 0.1) is 6.54 Å². The van der Waals surface area contributed by atoms with Crippen LogP contribution in [0, 0.1) is 0 Å². The lowest BCUT2D eigenvalue weighted by molar-refractivity contribution is 0.806. The van der Waals surface area contributed by atoms with Gasteiger partial charge in [-0.1, -0.05) is 13.0 Å².